The molecule has 5 N–H and O–H groups in total. The number of carbonyl (C=O) groups is 1. The summed E-state index contributed by atoms with van der Waals surface area (Å²) in [5.74, 6) is -0.684. The summed E-state index contributed by atoms with van der Waals surface area (Å²) in [7, 11) is 0. The van der Waals surface area contributed by atoms with Crippen LogP contribution in [-0.2, 0) is 0 Å². The Bertz CT molecular complexity index is 528. The number of halogens is 1. The van der Waals surface area contributed by atoms with Crippen LogP contribution in [0.15, 0.2) is 27.8 Å². The van der Waals surface area contributed by atoms with Gasteiger partial charge in [-0.2, -0.15) is 0 Å². The van der Waals surface area contributed by atoms with Crippen LogP contribution >= 0.6 is 15.9 Å². The third kappa shape index (κ3) is 3.22. The highest BCUT2D eigenvalue weighted by molar-refractivity contribution is 9.10. The second-order valence-corrected chi connectivity index (χ2v) is 5.31. The number of rotatable bonds is 5. The first-order chi connectivity index (χ1) is 9.40. The number of carbonyl (C=O) groups excluding carboxylic acids is 1. The van der Waals surface area contributed by atoms with Crippen LogP contribution in [0.3, 0.4) is 0 Å². The molecule has 0 saturated carbocycles. The van der Waals surface area contributed by atoms with Crippen molar-refractivity contribution in [3.8, 4) is 5.75 Å². The third-order valence-corrected chi connectivity index (χ3v) is 3.85. The van der Waals surface area contributed by atoms with E-state index in [9.17, 15) is 9.90 Å². The number of aromatic hydroxyl groups is 1. The molecule has 1 aromatic carbocycles. The van der Waals surface area contributed by atoms with E-state index in [2.05, 4.69) is 26.4 Å². The lowest BCUT2D eigenvalue weighted by Crippen LogP contribution is -2.56. The Hall–Kier alpha value is -1.76. The Morgan fingerprint density at radius 1 is 1.45 bits per heavy atom. The van der Waals surface area contributed by atoms with E-state index in [-0.39, 0.29) is 17.1 Å². The summed E-state index contributed by atoms with van der Waals surface area (Å²) in [6.45, 7) is 3.64. The molecule has 0 aliphatic heterocycles. The van der Waals surface area contributed by atoms with Gasteiger partial charge in [0.2, 0.25) is 0 Å². The van der Waals surface area contributed by atoms with Gasteiger partial charge < -0.3 is 21.4 Å². The molecule has 0 heterocycles. The van der Waals surface area contributed by atoms with Gasteiger partial charge in [0.05, 0.1) is 5.56 Å². The van der Waals surface area contributed by atoms with Gasteiger partial charge in [0, 0.05) is 4.47 Å². The van der Waals surface area contributed by atoms with Crippen molar-refractivity contribution in [2.75, 3.05) is 0 Å². The number of phenols is 1. The number of oxime groups is 1. The monoisotopic (exact) mass is 343 g/mol. The summed E-state index contributed by atoms with van der Waals surface area (Å²) in [6, 6.07) is 4.55. The van der Waals surface area contributed by atoms with Crippen LogP contribution in [0.4, 0.5) is 0 Å². The van der Waals surface area contributed by atoms with E-state index in [0.29, 0.717) is 17.3 Å². The van der Waals surface area contributed by atoms with Gasteiger partial charge in [0.15, 0.2) is 5.84 Å². The topological polar surface area (TPSA) is 108 Å². The molecule has 1 amide bonds. The number of phenolic OH excluding ortho intramolecular Hbond substituents is 1. The van der Waals surface area contributed by atoms with Gasteiger partial charge in [0.1, 0.15) is 11.3 Å². The maximum absolute atomic E-state index is 12.3. The highest BCUT2D eigenvalue weighted by Crippen LogP contribution is 2.23. The Morgan fingerprint density at radius 3 is 2.55 bits per heavy atom. The highest BCUT2D eigenvalue weighted by Gasteiger charge is 2.34. The zero-order valence-corrected chi connectivity index (χ0v) is 12.9. The molecule has 1 aromatic rings. The van der Waals surface area contributed by atoms with Gasteiger partial charge in [-0.3, -0.25) is 4.79 Å². The number of amides is 1. The average molecular weight is 344 g/mol. The number of amidine groups is 1. The molecule has 6 nitrogen and oxygen atoms in total. The van der Waals surface area contributed by atoms with Crippen molar-refractivity contribution in [3.05, 3.63) is 28.2 Å². The van der Waals surface area contributed by atoms with Gasteiger partial charge >= 0.3 is 0 Å². The van der Waals surface area contributed by atoms with Crippen molar-refractivity contribution in [1.82, 2.24) is 5.32 Å². The molecule has 0 bridgehead atoms. The molecule has 0 aliphatic carbocycles. The Labute approximate surface area is 125 Å². The van der Waals surface area contributed by atoms with E-state index in [1.54, 1.807) is 6.07 Å². The second-order valence-electron chi connectivity index (χ2n) is 4.39. The number of nitrogens with two attached hydrogens (primary N) is 1. The Kier molecular flexibility index (Phi) is 5.38. The summed E-state index contributed by atoms with van der Waals surface area (Å²) in [4.78, 5) is 12.3. The molecule has 0 atom stereocenters. The maximum Gasteiger partial charge on any atom is 0.255 e. The molecule has 0 aromatic heterocycles. The predicted molar refractivity (Wildman–Crippen MR) is 80.0 cm³/mol. The van der Waals surface area contributed by atoms with Crippen molar-refractivity contribution >= 4 is 27.7 Å². The number of benzene rings is 1. The largest absolute Gasteiger partial charge is 0.507 e. The minimum absolute atomic E-state index is 0.0645. The van der Waals surface area contributed by atoms with E-state index in [1.807, 2.05) is 13.8 Å². The number of nitrogens with one attached hydrogen (secondary N) is 1. The van der Waals surface area contributed by atoms with E-state index >= 15 is 0 Å². The molecule has 0 fully saturated rings. The molecule has 0 radical (unpaired) electrons. The van der Waals surface area contributed by atoms with Crippen molar-refractivity contribution in [2.45, 2.75) is 32.2 Å². The summed E-state index contributed by atoms with van der Waals surface area (Å²) >= 11 is 3.24. The van der Waals surface area contributed by atoms with Crippen molar-refractivity contribution in [2.24, 2.45) is 10.9 Å². The van der Waals surface area contributed by atoms with Crippen LogP contribution in [0.5, 0.6) is 5.75 Å². The van der Waals surface area contributed by atoms with E-state index < -0.39 is 11.4 Å². The van der Waals surface area contributed by atoms with Gasteiger partial charge in [-0.25, -0.2) is 0 Å². The van der Waals surface area contributed by atoms with Gasteiger partial charge in [-0.1, -0.05) is 34.9 Å². The van der Waals surface area contributed by atoms with Crippen LogP contribution in [0.25, 0.3) is 0 Å². The molecule has 20 heavy (non-hydrogen) atoms. The van der Waals surface area contributed by atoms with Gasteiger partial charge in [0.25, 0.3) is 5.91 Å². The second kappa shape index (κ2) is 6.60. The van der Waals surface area contributed by atoms with Crippen LogP contribution in [-0.4, -0.2) is 27.6 Å². The van der Waals surface area contributed by atoms with Crippen molar-refractivity contribution in [3.63, 3.8) is 0 Å². The Morgan fingerprint density at radius 2 is 2.05 bits per heavy atom. The molecule has 0 unspecified atom stereocenters. The number of hydrogen-bond acceptors (Lipinski definition) is 4. The number of hydrogen-bond donors (Lipinski definition) is 4. The first-order valence-electron chi connectivity index (χ1n) is 6.19. The molecular weight excluding hydrogens is 326 g/mol. The summed E-state index contributed by atoms with van der Waals surface area (Å²) in [5.41, 5.74) is 4.86. The first kappa shape index (κ1) is 16.3. The van der Waals surface area contributed by atoms with Crippen LogP contribution in [0.1, 0.15) is 37.0 Å². The van der Waals surface area contributed by atoms with Crippen molar-refractivity contribution < 1.29 is 15.1 Å². The summed E-state index contributed by atoms with van der Waals surface area (Å²) in [5, 5.41) is 24.3. The highest BCUT2D eigenvalue weighted by atomic mass is 79.9. The predicted octanol–water partition coefficient (Wildman–Crippen LogP) is 2.19. The lowest BCUT2D eigenvalue weighted by molar-refractivity contribution is 0.0915. The van der Waals surface area contributed by atoms with E-state index in [1.165, 1.54) is 12.1 Å². The standard InChI is InChI=1S/C13H18BrN3O3/c1-3-13(4-2,12(15)17-20)16-11(19)9-7-8(14)5-6-10(9)18/h5-7,18,20H,3-4H2,1-2H3,(H2,15,17)(H,16,19). The lowest BCUT2D eigenvalue weighted by Gasteiger charge is -2.31. The fourth-order valence-corrected chi connectivity index (χ4v) is 2.28. The normalized spacial score (nSPS) is 12.2. The zero-order chi connectivity index (χ0) is 15.3. The lowest BCUT2D eigenvalue weighted by atomic mass is 9.91. The van der Waals surface area contributed by atoms with Gasteiger partial charge in [-0.15, -0.1) is 0 Å². The molecule has 0 aliphatic rings. The average Bonchev–Trinajstić information content (AvgIpc) is 2.46. The third-order valence-electron chi connectivity index (χ3n) is 3.36. The smallest absolute Gasteiger partial charge is 0.255 e. The molecule has 0 saturated heterocycles. The molecule has 110 valence electrons. The SMILES string of the molecule is CCC(CC)(NC(=O)c1cc(Br)ccc1O)/C(N)=N/O. The molecule has 1 rings (SSSR count). The van der Waals surface area contributed by atoms with Crippen molar-refractivity contribution in [1.29, 1.82) is 0 Å². The van der Waals surface area contributed by atoms with Crippen LogP contribution < -0.4 is 11.1 Å². The zero-order valence-electron chi connectivity index (χ0n) is 11.4. The summed E-state index contributed by atoms with van der Waals surface area (Å²) < 4.78 is 0.669. The minimum Gasteiger partial charge on any atom is -0.507 e. The van der Waals surface area contributed by atoms with E-state index in [0.717, 1.165) is 0 Å². The Balaban J connectivity index is 3.12. The van der Waals surface area contributed by atoms with E-state index in [4.69, 9.17) is 10.9 Å². The van der Waals surface area contributed by atoms with Crippen LogP contribution in [0.2, 0.25) is 0 Å². The fourth-order valence-electron chi connectivity index (χ4n) is 1.92. The van der Waals surface area contributed by atoms with Crippen LogP contribution in [0, 0.1) is 0 Å². The maximum atomic E-state index is 12.3. The first-order valence-corrected chi connectivity index (χ1v) is 6.98. The number of nitrogens with zero attached hydrogens (tertiary/aromatic N) is 1. The minimum atomic E-state index is -0.944. The molecular formula is C13H18BrN3O3. The fraction of sp³-hybridized carbons (Fsp3) is 0.385. The summed E-state index contributed by atoms with van der Waals surface area (Å²) in [6.07, 6.45) is 0.916. The molecule has 0 spiro atoms. The quantitative estimate of drug-likeness (QED) is 0.284. The molecule has 7 heteroatoms. The van der Waals surface area contributed by atoms with Gasteiger partial charge in [-0.05, 0) is 31.0 Å².